The molecule has 0 aliphatic carbocycles. The molecule has 0 saturated carbocycles. The molecule has 3 rings (SSSR count). The third-order valence-corrected chi connectivity index (χ3v) is 7.19. The number of carbonyl (C=O) groups is 1. The summed E-state index contributed by atoms with van der Waals surface area (Å²) in [6.45, 7) is 2.31. The maximum atomic E-state index is 12.8. The number of benzene rings is 2. The van der Waals surface area contributed by atoms with Gasteiger partial charge in [0.1, 0.15) is 5.75 Å². The fourth-order valence-corrected chi connectivity index (χ4v) is 4.56. The van der Waals surface area contributed by atoms with Crippen molar-refractivity contribution in [1.29, 1.82) is 0 Å². The highest BCUT2D eigenvalue weighted by Crippen LogP contribution is 2.33. The molecule has 29 heavy (non-hydrogen) atoms. The summed E-state index contributed by atoms with van der Waals surface area (Å²) in [7, 11) is -3.22. The number of nitrogens with zero attached hydrogens (tertiary/aromatic N) is 1. The van der Waals surface area contributed by atoms with Crippen molar-refractivity contribution in [2.75, 3.05) is 24.2 Å². The minimum absolute atomic E-state index is 0.0672. The highest BCUT2D eigenvalue weighted by molar-refractivity contribution is 7.89. The van der Waals surface area contributed by atoms with Crippen molar-refractivity contribution in [3.05, 3.63) is 52.5 Å². The van der Waals surface area contributed by atoms with Crippen molar-refractivity contribution in [3.8, 4) is 11.5 Å². The van der Waals surface area contributed by atoms with Gasteiger partial charge in [-0.2, -0.15) is 0 Å². The van der Waals surface area contributed by atoms with E-state index in [0.717, 1.165) is 0 Å². The number of anilines is 1. The van der Waals surface area contributed by atoms with Crippen LogP contribution in [0.1, 0.15) is 19.8 Å². The predicted octanol–water partition coefficient (Wildman–Crippen LogP) is 4.79. The second-order valence-corrected chi connectivity index (χ2v) is 9.89. The molecule has 9 heteroatoms. The Labute approximate surface area is 180 Å². The summed E-state index contributed by atoms with van der Waals surface area (Å²) in [6, 6.07) is 11.9. The molecule has 1 fully saturated rings. The minimum atomic E-state index is -3.22. The molecule has 1 aliphatic heterocycles. The predicted molar refractivity (Wildman–Crippen MR) is 115 cm³/mol. The van der Waals surface area contributed by atoms with E-state index in [9.17, 15) is 13.2 Å². The molecule has 1 saturated heterocycles. The highest BCUT2D eigenvalue weighted by atomic mass is 35.5. The van der Waals surface area contributed by atoms with Crippen LogP contribution in [-0.4, -0.2) is 37.5 Å². The number of rotatable bonds is 6. The van der Waals surface area contributed by atoms with Crippen molar-refractivity contribution in [1.82, 2.24) is 4.31 Å². The zero-order valence-electron chi connectivity index (χ0n) is 15.9. The van der Waals surface area contributed by atoms with Gasteiger partial charge >= 0.3 is 0 Å². The quantitative estimate of drug-likeness (QED) is 0.677. The SMILES string of the molecule is CCS(=O)(=O)N1CCC(C(=O)Nc2cc(Cl)ccc2Oc2ccc(Cl)cc2)CC1. The Kier molecular flexibility index (Phi) is 7.05. The van der Waals surface area contributed by atoms with Crippen molar-refractivity contribution in [3.63, 3.8) is 0 Å². The lowest BCUT2D eigenvalue weighted by atomic mass is 9.97. The molecule has 0 spiro atoms. The fourth-order valence-electron chi connectivity index (χ4n) is 3.13. The van der Waals surface area contributed by atoms with Gasteiger partial charge in [0.15, 0.2) is 5.75 Å². The van der Waals surface area contributed by atoms with Gasteiger partial charge in [-0.3, -0.25) is 4.79 Å². The number of hydrogen-bond acceptors (Lipinski definition) is 4. The van der Waals surface area contributed by atoms with E-state index < -0.39 is 10.0 Å². The first-order valence-electron chi connectivity index (χ1n) is 9.30. The van der Waals surface area contributed by atoms with Crippen LogP contribution in [0.25, 0.3) is 0 Å². The van der Waals surface area contributed by atoms with Crippen LogP contribution in [0.3, 0.4) is 0 Å². The van der Waals surface area contributed by atoms with Crippen molar-refractivity contribution in [2.45, 2.75) is 19.8 Å². The molecule has 0 bridgehead atoms. The van der Waals surface area contributed by atoms with Crippen LogP contribution in [0.2, 0.25) is 10.0 Å². The van der Waals surface area contributed by atoms with Crippen LogP contribution in [0.5, 0.6) is 11.5 Å². The van der Waals surface area contributed by atoms with Gasteiger partial charge in [-0.05, 0) is 62.2 Å². The normalized spacial score (nSPS) is 15.8. The molecule has 0 radical (unpaired) electrons. The molecule has 1 heterocycles. The molecule has 1 N–H and O–H groups in total. The summed E-state index contributed by atoms with van der Waals surface area (Å²) in [5.41, 5.74) is 0.459. The molecule has 0 atom stereocenters. The van der Waals surface area contributed by atoms with Crippen LogP contribution >= 0.6 is 23.2 Å². The van der Waals surface area contributed by atoms with Crippen molar-refractivity contribution < 1.29 is 17.9 Å². The highest BCUT2D eigenvalue weighted by Gasteiger charge is 2.30. The molecular formula is C20H22Cl2N2O4S. The van der Waals surface area contributed by atoms with E-state index in [2.05, 4.69) is 5.32 Å². The van der Waals surface area contributed by atoms with E-state index in [1.165, 1.54) is 4.31 Å². The number of carbonyl (C=O) groups excluding carboxylic acids is 1. The van der Waals surface area contributed by atoms with Crippen LogP contribution in [0.15, 0.2) is 42.5 Å². The Morgan fingerprint density at radius 2 is 1.72 bits per heavy atom. The Hall–Kier alpha value is -1.80. The van der Waals surface area contributed by atoms with Gasteiger partial charge in [0, 0.05) is 29.1 Å². The molecule has 156 valence electrons. The number of hydrogen-bond donors (Lipinski definition) is 1. The Balaban J connectivity index is 1.69. The first-order chi connectivity index (χ1) is 13.8. The summed E-state index contributed by atoms with van der Waals surface area (Å²) in [5.74, 6) is 0.640. The number of ether oxygens (including phenoxy) is 1. The van der Waals surface area contributed by atoms with Gasteiger partial charge in [0.05, 0.1) is 11.4 Å². The summed E-state index contributed by atoms with van der Waals surface area (Å²) < 4.78 is 31.3. The first-order valence-corrected chi connectivity index (χ1v) is 11.7. The first kappa shape index (κ1) is 21.9. The summed E-state index contributed by atoms with van der Waals surface area (Å²) >= 11 is 12.0. The second-order valence-electron chi connectivity index (χ2n) is 6.76. The van der Waals surface area contributed by atoms with E-state index in [1.807, 2.05) is 0 Å². The van der Waals surface area contributed by atoms with Gasteiger partial charge in [-0.25, -0.2) is 12.7 Å². The smallest absolute Gasteiger partial charge is 0.227 e. The average Bonchev–Trinajstić information content (AvgIpc) is 2.71. The molecular weight excluding hydrogens is 435 g/mol. The minimum Gasteiger partial charge on any atom is -0.455 e. The Bertz CT molecular complexity index is 972. The molecule has 1 amide bonds. The van der Waals surface area contributed by atoms with Gasteiger partial charge in [-0.15, -0.1) is 0 Å². The van der Waals surface area contributed by atoms with Gasteiger partial charge in [0.2, 0.25) is 15.9 Å². The van der Waals surface area contributed by atoms with Crippen LogP contribution in [0.4, 0.5) is 5.69 Å². The number of nitrogens with one attached hydrogen (secondary N) is 1. The molecule has 0 unspecified atom stereocenters. The monoisotopic (exact) mass is 456 g/mol. The topological polar surface area (TPSA) is 75.7 Å². The third kappa shape index (κ3) is 5.63. The lowest BCUT2D eigenvalue weighted by molar-refractivity contribution is -0.120. The molecule has 6 nitrogen and oxygen atoms in total. The zero-order valence-corrected chi connectivity index (χ0v) is 18.2. The van der Waals surface area contributed by atoms with E-state index in [1.54, 1.807) is 49.4 Å². The lowest BCUT2D eigenvalue weighted by Crippen LogP contribution is -2.42. The van der Waals surface area contributed by atoms with E-state index in [4.69, 9.17) is 27.9 Å². The maximum Gasteiger partial charge on any atom is 0.227 e. The maximum absolute atomic E-state index is 12.8. The standard InChI is InChI=1S/C20H22Cl2N2O4S/c1-2-29(26,27)24-11-9-14(10-12-24)20(25)23-18-13-16(22)5-8-19(18)28-17-6-3-15(21)4-7-17/h3-8,13-14H,2,9-12H2,1H3,(H,23,25). The number of halogens is 2. The number of piperidine rings is 1. The van der Waals surface area contributed by atoms with Crippen molar-refractivity contribution in [2.24, 2.45) is 5.92 Å². The Morgan fingerprint density at radius 3 is 2.34 bits per heavy atom. The number of sulfonamides is 1. The fraction of sp³-hybridized carbons (Fsp3) is 0.350. The van der Waals surface area contributed by atoms with E-state index in [-0.39, 0.29) is 17.6 Å². The Morgan fingerprint density at radius 1 is 1.10 bits per heavy atom. The summed E-state index contributed by atoms with van der Waals surface area (Å²) in [4.78, 5) is 12.8. The third-order valence-electron chi connectivity index (χ3n) is 4.82. The average molecular weight is 457 g/mol. The van der Waals surface area contributed by atoms with E-state index >= 15 is 0 Å². The molecule has 2 aromatic carbocycles. The van der Waals surface area contributed by atoms with Crippen LogP contribution < -0.4 is 10.1 Å². The van der Waals surface area contributed by atoms with Gasteiger partial charge in [0.25, 0.3) is 0 Å². The second kappa shape index (κ2) is 9.34. The zero-order chi connectivity index (χ0) is 21.0. The summed E-state index contributed by atoms with van der Waals surface area (Å²) in [6.07, 6.45) is 0.942. The van der Waals surface area contributed by atoms with Crippen LogP contribution in [-0.2, 0) is 14.8 Å². The van der Waals surface area contributed by atoms with Gasteiger partial charge in [-0.1, -0.05) is 23.2 Å². The molecule has 1 aliphatic rings. The molecule has 2 aromatic rings. The van der Waals surface area contributed by atoms with Gasteiger partial charge < -0.3 is 10.1 Å². The van der Waals surface area contributed by atoms with Crippen LogP contribution in [0, 0.1) is 5.92 Å². The molecule has 0 aromatic heterocycles. The van der Waals surface area contributed by atoms with Crippen molar-refractivity contribution >= 4 is 44.8 Å². The lowest BCUT2D eigenvalue weighted by Gasteiger charge is -2.30. The largest absolute Gasteiger partial charge is 0.455 e. The summed E-state index contributed by atoms with van der Waals surface area (Å²) in [5, 5.41) is 3.94. The number of amides is 1. The van der Waals surface area contributed by atoms with E-state index in [0.29, 0.717) is 53.2 Å².